The normalized spacial score (nSPS) is 11.9. The predicted octanol–water partition coefficient (Wildman–Crippen LogP) is 5.45. The van der Waals surface area contributed by atoms with Crippen molar-refractivity contribution in [2.45, 2.75) is 33.4 Å². The molecule has 1 heterocycles. The molecular formula is C27H26ClN3O3. The minimum absolute atomic E-state index is 0.0714. The maximum absolute atomic E-state index is 13.0. The van der Waals surface area contributed by atoms with E-state index in [9.17, 15) is 9.59 Å². The number of ketones is 1. The van der Waals surface area contributed by atoms with E-state index in [1.165, 1.54) is 0 Å². The Hall–Kier alpha value is -3.64. The van der Waals surface area contributed by atoms with Gasteiger partial charge in [0.2, 0.25) is 0 Å². The highest BCUT2D eigenvalue weighted by Crippen LogP contribution is 2.23. The fourth-order valence-electron chi connectivity index (χ4n) is 3.82. The minimum atomic E-state index is -0.430. The zero-order valence-electron chi connectivity index (χ0n) is 19.3. The van der Waals surface area contributed by atoms with Gasteiger partial charge in [0.15, 0.2) is 12.4 Å². The number of hydrogen-bond acceptors (Lipinski definition) is 4. The van der Waals surface area contributed by atoms with Crippen molar-refractivity contribution in [2.24, 2.45) is 0 Å². The van der Waals surface area contributed by atoms with Crippen molar-refractivity contribution >= 4 is 34.3 Å². The first kappa shape index (κ1) is 23.5. The zero-order valence-corrected chi connectivity index (χ0v) is 20.1. The first-order valence-corrected chi connectivity index (χ1v) is 11.4. The molecule has 1 atom stereocenters. The molecule has 1 N–H and O–H groups in total. The lowest BCUT2D eigenvalue weighted by Crippen LogP contribution is -2.33. The van der Waals surface area contributed by atoms with Gasteiger partial charge in [0, 0.05) is 10.6 Å². The first-order valence-electron chi connectivity index (χ1n) is 11.0. The van der Waals surface area contributed by atoms with Crippen LogP contribution in [0.4, 0.5) is 0 Å². The molecule has 7 heteroatoms. The highest BCUT2D eigenvalue weighted by atomic mass is 35.5. The lowest BCUT2D eigenvalue weighted by molar-refractivity contribution is -0.123. The van der Waals surface area contributed by atoms with Gasteiger partial charge in [-0.2, -0.15) is 0 Å². The monoisotopic (exact) mass is 475 g/mol. The second kappa shape index (κ2) is 10.1. The maximum atomic E-state index is 13.0. The van der Waals surface area contributed by atoms with Crippen LogP contribution in [0.15, 0.2) is 66.7 Å². The highest BCUT2D eigenvalue weighted by molar-refractivity contribution is 6.30. The third-order valence-electron chi connectivity index (χ3n) is 5.62. The second-order valence-corrected chi connectivity index (χ2v) is 8.76. The molecule has 0 radical (unpaired) electrons. The number of nitrogens with zero attached hydrogens (tertiary/aromatic N) is 2. The quantitative estimate of drug-likeness (QED) is 0.344. The summed E-state index contributed by atoms with van der Waals surface area (Å²) < 4.78 is 7.58. The smallest absolute Gasteiger partial charge is 0.258 e. The van der Waals surface area contributed by atoms with Crippen molar-refractivity contribution in [1.29, 1.82) is 0 Å². The van der Waals surface area contributed by atoms with E-state index in [0.29, 0.717) is 22.2 Å². The lowest BCUT2D eigenvalue weighted by Gasteiger charge is -2.17. The number of benzene rings is 3. The van der Waals surface area contributed by atoms with Crippen LogP contribution in [-0.4, -0.2) is 27.8 Å². The number of carbonyl (C=O) groups is 2. The number of rotatable bonds is 8. The van der Waals surface area contributed by atoms with Crippen molar-refractivity contribution in [3.05, 3.63) is 94.3 Å². The van der Waals surface area contributed by atoms with Gasteiger partial charge in [0.25, 0.3) is 5.91 Å². The molecule has 4 rings (SSSR count). The van der Waals surface area contributed by atoms with E-state index in [1.54, 1.807) is 24.3 Å². The number of aromatic nitrogens is 2. The predicted molar refractivity (Wildman–Crippen MR) is 133 cm³/mol. The minimum Gasteiger partial charge on any atom is -0.483 e. The van der Waals surface area contributed by atoms with Crippen LogP contribution in [0.1, 0.15) is 40.3 Å². The fourth-order valence-corrected chi connectivity index (χ4v) is 3.94. The average molecular weight is 476 g/mol. The Balaban J connectivity index is 1.52. The number of fused-ring (bicyclic) bond motifs is 1. The number of ether oxygens (including phenoxy) is 1. The third kappa shape index (κ3) is 5.29. The van der Waals surface area contributed by atoms with Gasteiger partial charge < -0.3 is 14.6 Å². The Kier molecular flexibility index (Phi) is 6.98. The molecule has 4 aromatic rings. The van der Waals surface area contributed by atoms with Crippen LogP contribution in [0.2, 0.25) is 5.02 Å². The molecule has 1 amide bonds. The van der Waals surface area contributed by atoms with E-state index in [-0.39, 0.29) is 24.8 Å². The number of hydrogen-bond donors (Lipinski definition) is 1. The van der Waals surface area contributed by atoms with Crippen LogP contribution in [0, 0.1) is 13.8 Å². The molecule has 0 fully saturated rings. The van der Waals surface area contributed by atoms with Gasteiger partial charge in [0.1, 0.15) is 11.6 Å². The Labute approximate surface area is 203 Å². The van der Waals surface area contributed by atoms with Gasteiger partial charge in [-0.05, 0) is 74.4 Å². The van der Waals surface area contributed by atoms with Gasteiger partial charge in [-0.25, -0.2) is 4.98 Å². The topological polar surface area (TPSA) is 73.2 Å². The average Bonchev–Trinajstić information content (AvgIpc) is 3.18. The van der Waals surface area contributed by atoms with E-state index in [2.05, 4.69) is 5.32 Å². The molecule has 174 valence electrons. The summed E-state index contributed by atoms with van der Waals surface area (Å²) in [6, 6.07) is 19.8. The standard InChI is InChI=1S/C27H26ClN3O3/c1-17-8-9-18(2)25(14-17)34-16-26(33)29-19(3)27-30-22-6-4-5-7-23(22)31(27)15-24(32)20-10-12-21(28)13-11-20/h4-14,19H,15-16H2,1-3H3,(H,29,33). The van der Waals surface area contributed by atoms with Gasteiger partial charge in [-0.15, -0.1) is 0 Å². The third-order valence-corrected chi connectivity index (χ3v) is 5.87. The summed E-state index contributed by atoms with van der Waals surface area (Å²) in [6.07, 6.45) is 0. The molecule has 34 heavy (non-hydrogen) atoms. The molecule has 6 nitrogen and oxygen atoms in total. The van der Waals surface area contributed by atoms with Gasteiger partial charge in [-0.1, -0.05) is 35.9 Å². The van der Waals surface area contributed by atoms with Crippen LogP contribution in [-0.2, 0) is 11.3 Å². The van der Waals surface area contributed by atoms with E-state index in [1.807, 2.05) is 67.8 Å². The summed E-state index contributed by atoms with van der Waals surface area (Å²) in [5.41, 5.74) is 4.18. The largest absolute Gasteiger partial charge is 0.483 e. The van der Waals surface area contributed by atoms with E-state index >= 15 is 0 Å². The highest BCUT2D eigenvalue weighted by Gasteiger charge is 2.21. The molecule has 3 aromatic carbocycles. The molecule has 0 spiro atoms. The summed E-state index contributed by atoms with van der Waals surface area (Å²) in [5, 5.41) is 3.52. The first-order chi connectivity index (χ1) is 16.3. The second-order valence-electron chi connectivity index (χ2n) is 8.32. The Morgan fingerprint density at radius 1 is 1.06 bits per heavy atom. The SMILES string of the molecule is Cc1ccc(C)c(OCC(=O)NC(C)c2nc3ccccc3n2CC(=O)c2ccc(Cl)cc2)c1. The molecule has 1 aromatic heterocycles. The molecule has 0 saturated heterocycles. The van der Waals surface area contributed by atoms with Crippen LogP contribution in [0.3, 0.4) is 0 Å². The van der Waals surface area contributed by atoms with Crippen molar-refractivity contribution in [1.82, 2.24) is 14.9 Å². The zero-order chi connectivity index (χ0) is 24.2. The fraction of sp³-hybridized carbons (Fsp3) is 0.222. The van der Waals surface area contributed by atoms with Crippen molar-refractivity contribution < 1.29 is 14.3 Å². The van der Waals surface area contributed by atoms with Gasteiger partial charge >= 0.3 is 0 Å². The lowest BCUT2D eigenvalue weighted by atomic mass is 10.1. The Bertz CT molecular complexity index is 1350. The summed E-state index contributed by atoms with van der Waals surface area (Å²) in [5.74, 6) is 0.945. The molecule has 0 bridgehead atoms. The van der Waals surface area contributed by atoms with E-state index in [4.69, 9.17) is 21.3 Å². The summed E-state index contributed by atoms with van der Waals surface area (Å²) in [6.45, 7) is 5.75. The number of nitrogens with one attached hydrogen (secondary N) is 1. The summed E-state index contributed by atoms with van der Waals surface area (Å²) in [4.78, 5) is 30.3. The number of para-hydroxylation sites is 2. The van der Waals surface area contributed by atoms with Crippen molar-refractivity contribution in [2.75, 3.05) is 6.61 Å². The molecule has 0 aliphatic heterocycles. The molecule has 0 aliphatic rings. The van der Waals surface area contributed by atoms with Crippen LogP contribution in [0.25, 0.3) is 11.0 Å². The number of carbonyl (C=O) groups excluding carboxylic acids is 2. The van der Waals surface area contributed by atoms with Crippen LogP contribution < -0.4 is 10.1 Å². The Morgan fingerprint density at radius 2 is 1.79 bits per heavy atom. The van der Waals surface area contributed by atoms with Crippen molar-refractivity contribution in [3.8, 4) is 5.75 Å². The molecular weight excluding hydrogens is 450 g/mol. The van der Waals surface area contributed by atoms with E-state index < -0.39 is 6.04 Å². The number of imidazole rings is 1. The molecule has 0 saturated carbocycles. The van der Waals surface area contributed by atoms with Gasteiger partial charge in [0.05, 0.1) is 23.6 Å². The number of halogens is 1. The molecule has 1 unspecified atom stereocenters. The summed E-state index contributed by atoms with van der Waals surface area (Å²) >= 11 is 5.96. The molecule has 0 aliphatic carbocycles. The van der Waals surface area contributed by atoms with Crippen LogP contribution in [0.5, 0.6) is 5.75 Å². The van der Waals surface area contributed by atoms with Crippen LogP contribution >= 0.6 is 11.6 Å². The van der Waals surface area contributed by atoms with E-state index in [0.717, 1.165) is 22.2 Å². The Morgan fingerprint density at radius 3 is 2.56 bits per heavy atom. The van der Waals surface area contributed by atoms with Gasteiger partial charge in [-0.3, -0.25) is 9.59 Å². The number of aryl methyl sites for hydroxylation is 2. The van der Waals surface area contributed by atoms with Crippen molar-refractivity contribution in [3.63, 3.8) is 0 Å². The maximum Gasteiger partial charge on any atom is 0.258 e. The number of amides is 1. The summed E-state index contributed by atoms with van der Waals surface area (Å²) in [7, 11) is 0. The number of Topliss-reactive ketones (excluding diaryl/α,β-unsaturated/α-hetero) is 1.